The summed E-state index contributed by atoms with van der Waals surface area (Å²) in [7, 11) is 0. The largest absolute Gasteiger partial charge is 0.491 e. The number of halogens is 1. The fourth-order valence-corrected chi connectivity index (χ4v) is 4.60. The molecule has 1 unspecified atom stereocenters. The molecule has 2 saturated heterocycles. The summed E-state index contributed by atoms with van der Waals surface area (Å²) in [4.78, 5) is 22.1. The van der Waals surface area contributed by atoms with Crippen LogP contribution in [0.25, 0.3) is 0 Å². The second kappa shape index (κ2) is 10.6. The molecule has 1 atom stereocenters. The zero-order chi connectivity index (χ0) is 22.4. The number of benzene rings is 1. The third-order valence-electron chi connectivity index (χ3n) is 6.32. The average molecular weight is 458 g/mol. The minimum atomic E-state index is -0.699. The summed E-state index contributed by atoms with van der Waals surface area (Å²) < 4.78 is 12.4. The Labute approximate surface area is 195 Å². The van der Waals surface area contributed by atoms with Crippen molar-refractivity contribution in [2.24, 2.45) is 0 Å². The normalized spacial score (nSPS) is 22.0. The van der Waals surface area contributed by atoms with Gasteiger partial charge in [0.05, 0.1) is 18.7 Å². The van der Waals surface area contributed by atoms with Crippen LogP contribution in [0.3, 0.4) is 0 Å². The van der Waals surface area contributed by atoms with Crippen molar-refractivity contribution in [3.63, 3.8) is 0 Å². The van der Waals surface area contributed by atoms with Crippen LogP contribution < -0.4 is 4.74 Å². The van der Waals surface area contributed by atoms with E-state index in [1.165, 1.54) is 12.0 Å². The molecule has 0 saturated carbocycles. The number of aryl methyl sites for hydroxylation is 1. The minimum Gasteiger partial charge on any atom is -0.491 e. The zero-order valence-electron chi connectivity index (χ0n) is 18.8. The van der Waals surface area contributed by atoms with Gasteiger partial charge in [-0.15, -0.1) is 0 Å². The van der Waals surface area contributed by atoms with E-state index in [1.54, 1.807) is 12.1 Å². The van der Waals surface area contributed by atoms with E-state index >= 15 is 0 Å². The molecule has 0 N–H and O–H groups in total. The maximum atomic E-state index is 13.2. The van der Waals surface area contributed by atoms with Crippen LogP contribution in [0, 0.1) is 6.92 Å². The Hall–Kier alpha value is -2.15. The van der Waals surface area contributed by atoms with Crippen LogP contribution in [0.1, 0.15) is 36.9 Å². The molecular formula is C25H32ClN3O3. The van der Waals surface area contributed by atoms with E-state index in [0.29, 0.717) is 31.2 Å². The quantitative estimate of drug-likeness (QED) is 0.626. The van der Waals surface area contributed by atoms with E-state index in [0.717, 1.165) is 50.5 Å². The number of pyridine rings is 1. The molecule has 6 nitrogen and oxygen atoms in total. The summed E-state index contributed by atoms with van der Waals surface area (Å²) in [5.74, 6) is 0.876. The molecule has 4 rings (SSSR count). The number of nitrogens with zero attached hydrogens (tertiary/aromatic N) is 3. The van der Waals surface area contributed by atoms with Crippen molar-refractivity contribution < 1.29 is 14.3 Å². The molecule has 0 spiro atoms. The van der Waals surface area contributed by atoms with Gasteiger partial charge in [0.15, 0.2) is 0 Å². The molecule has 3 heterocycles. The molecule has 1 aromatic carbocycles. The van der Waals surface area contributed by atoms with Crippen LogP contribution in [-0.2, 0) is 16.1 Å². The van der Waals surface area contributed by atoms with Crippen molar-refractivity contribution in [3.05, 3.63) is 58.9 Å². The lowest BCUT2D eigenvalue weighted by atomic mass is 9.96. The number of amides is 1. The second-order valence-corrected chi connectivity index (χ2v) is 9.31. The number of hydrogen-bond donors (Lipinski definition) is 0. The number of likely N-dealkylation sites (tertiary alicyclic amines) is 1. The van der Waals surface area contributed by atoms with Crippen molar-refractivity contribution >= 4 is 17.5 Å². The van der Waals surface area contributed by atoms with E-state index in [-0.39, 0.29) is 5.91 Å². The standard InChI is InChI=1S/C25H32ClN3O3/c1-20-6-5-11-27-23(20)17-28-14-15-32-25(18-28,16-24(30)29-12-3-2-4-13-29)19-31-22-9-7-21(26)8-10-22/h5-11H,2-4,12-19H2,1H3. The van der Waals surface area contributed by atoms with E-state index < -0.39 is 5.60 Å². The molecule has 0 aliphatic carbocycles. The van der Waals surface area contributed by atoms with Crippen LogP contribution in [0.5, 0.6) is 5.75 Å². The first-order valence-corrected chi connectivity index (χ1v) is 11.8. The van der Waals surface area contributed by atoms with Crippen LogP contribution in [-0.4, -0.2) is 65.7 Å². The average Bonchev–Trinajstić information content (AvgIpc) is 2.81. The zero-order valence-corrected chi connectivity index (χ0v) is 19.5. The van der Waals surface area contributed by atoms with E-state index in [4.69, 9.17) is 21.1 Å². The molecule has 7 heteroatoms. The molecule has 2 fully saturated rings. The first-order chi connectivity index (χ1) is 15.5. The fraction of sp³-hybridized carbons (Fsp3) is 0.520. The number of carbonyl (C=O) groups excluding carboxylic acids is 1. The number of piperidine rings is 1. The second-order valence-electron chi connectivity index (χ2n) is 8.87. The predicted octanol–water partition coefficient (Wildman–Crippen LogP) is 4.10. The van der Waals surface area contributed by atoms with Crippen LogP contribution in [0.2, 0.25) is 5.02 Å². The third kappa shape index (κ3) is 6.00. The first kappa shape index (κ1) is 23.0. The van der Waals surface area contributed by atoms with Gasteiger partial charge in [0.2, 0.25) is 5.91 Å². The summed E-state index contributed by atoms with van der Waals surface area (Å²) in [5, 5.41) is 0.665. The number of ether oxygens (including phenoxy) is 2. The van der Waals surface area contributed by atoms with Gasteiger partial charge in [-0.05, 0) is 62.1 Å². The summed E-state index contributed by atoms with van der Waals surface area (Å²) in [6.07, 6.45) is 5.50. The van der Waals surface area contributed by atoms with Gasteiger partial charge in [0, 0.05) is 43.9 Å². The maximum absolute atomic E-state index is 13.2. The van der Waals surface area contributed by atoms with Gasteiger partial charge in [-0.3, -0.25) is 14.7 Å². The van der Waals surface area contributed by atoms with Gasteiger partial charge >= 0.3 is 0 Å². The molecule has 2 aromatic rings. The molecule has 2 aliphatic rings. The lowest BCUT2D eigenvalue weighted by Crippen LogP contribution is -2.57. The summed E-state index contributed by atoms with van der Waals surface area (Å²) in [6, 6.07) is 11.3. The Kier molecular flexibility index (Phi) is 7.66. The number of morpholine rings is 1. The van der Waals surface area contributed by atoms with Gasteiger partial charge in [0.25, 0.3) is 0 Å². The van der Waals surface area contributed by atoms with Crippen molar-refractivity contribution in [2.45, 2.75) is 44.8 Å². The van der Waals surface area contributed by atoms with Gasteiger partial charge in [0.1, 0.15) is 18.0 Å². The van der Waals surface area contributed by atoms with E-state index in [1.807, 2.05) is 29.3 Å². The molecule has 1 amide bonds. The SMILES string of the molecule is Cc1cccnc1CN1CCOC(COc2ccc(Cl)cc2)(CC(=O)N2CCCCC2)C1. The lowest BCUT2D eigenvalue weighted by molar-refractivity contribution is -0.157. The smallest absolute Gasteiger partial charge is 0.225 e. The monoisotopic (exact) mass is 457 g/mol. The van der Waals surface area contributed by atoms with Gasteiger partial charge in [-0.25, -0.2) is 0 Å². The highest BCUT2D eigenvalue weighted by atomic mass is 35.5. The van der Waals surface area contributed by atoms with Gasteiger partial charge < -0.3 is 14.4 Å². The van der Waals surface area contributed by atoms with Crippen LogP contribution in [0.15, 0.2) is 42.6 Å². The molecule has 32 heavy (non-hydrogen) atoms. The van der Waals surface area contributed by atoms with Crippen molar-refractivity contribution in [3.8, 4) is 5.75 Å². The molecule has 2 aliphatic heterocycles. The fourth-order valence-electron chi connectivity index (χ4n) is 4.48. The van der Waals surface area contributed by atoms with E-state index in [9.17, 15) is 4.79 Å². The topological polar surface area (TPSA) is 54.9 Å². The molecular weight excluding hydrogens is 426 g/mol. The Morgan fingerprint density at radius 1 is 1.16 bits per heavy atom. The Bertz CT molecular complexity index is 902. The summed E-state index contributed by atoms with van der Waals surface area (Å²) in [6.45, 7) is 6.78. The third-order valence-corrected chi connectivity index (χ3v) is 6.57. The first-order valence-electron chi connectivity index (χ1n) is 11.5. The highest BCUT2D eigenvalue weighted by Gasteiger charge is 2.41. The number of aromatic nitrogens is 1. The summed E-state index contributed by atoms with van der Waals surface area (Å²) >= 11 is 6.01. The highest BCUT2D eigenvalue weighted by Crippen LogP contribution is 2.27. The molecule has 0 bridgehead atoms. The number of rotatable bonds is 7. The Morgan fingerprint density at radius 2 is 1.94 bits per heavy atom. The number of hydrogen-bond acceptors (Lipinski definition) is 5. The van der Waals surface area contributed by atoms with Crippen LogP contribution >= 0.6 is 11.6 Å². The van der Waals surface area contributed by atoms with Crippen molar-refractivity contribution in [1.29, 1.82) is 0 Å². The summed E-state index contributed by atoms with van der Waals surface area (Å²) in [5.41, 5.74) is 1.53. The number of carbonyl (C=O) groups is 1. The predicted molar refractivity (Wildman–Crippen MR) is 125 cm³/mol. The molecule has 1 aromatic heterocycles. The van der Waals surface area contributed by atoms with Gasteiger partial charge in [-0.1, -0.05) is 17.7 Å². The van der Waals surface area contributed by atoms with Crippen molar-refractivity contribution in [1.82, 2.24) is 14.8 Å². The molecule has 0 radical (unpaired) electrons. The Balaban J connectivity index is 1.49. The van der Waals surface area contributed by atoms with Crippen LogP contribution in [0.4, 0.5) is 0 Å². The van der Waals surface area contributed by atoms with E-state index in [2.05, 4.69) is 22.9 Å². The van der Waals surface area contributed by atoms with Gasteiger partial charge in [-0.2, -0.15) is 0 Å². The minimum absolute atomic E-state index is 0.153. The maximum Gasteiger partial charge on any atom is 0.225 e. The lowest BCUT2D eigenvalue weighted by Gasteiger charge is -2.43. The molecule has 172 valence electrons. The Morgan fingerprint density at radius 3 is 2.69 bits per heavy atom. The highest BCUT2D eigenvalue weighted by molar-refractivity contribution is 6.30. The van der Waals surface area contributed by atoms with Crippen molar-refractivity contribution in [2.75, 3.05) is 39.4 Å².